The first-order chi connectivity index (χ1) is 5.31. The molecule has 0 aromatic heterocycles. The lowest BCUT2D eigenvalue weighted by Gasteiger charge is -2.06. The van der Waals surface area contributed by atoms with Gasteiger partial charge in [0.2, 0.25) is 0 Å². The predicted molar refractivity (Wildman–Crippen MR) is 51.9 cm³/mol. The molecule has 0 aliphatic rings. The lowest BCUT2D eigenvalue weighted by Crippen LogP contribution is -1.99. The Morgan fingerprint density at radius 3 is 2.09 bits per heavy atom. The predicted octanol–water partition coefficient (Wildman–Crippen LogP) is 3.49. The minimum atomic E-state index is 0.830. The van der Waals surface area contributed by atoms with Crippen LogP contribution in [0.25, 0.3) is 0 Å². The highest BCUT2D eigenvalue weighted by molar-refractivity contribution is 4.47. The Hall–Kier alpha value is -0.0400. The Morgan fingerprint density at radius 2 is 1.73 bits per heavy atom. The maximum Gasteiger partial charge on any atom is 0.0468 e. The third kappa shape index (κ3) is 13.0. The van der Waals surface area contributed by atoms with Gasteiger partial charge in [-0.1, -0.05) is 34.1 Å². The van der Waals surface area contributed by atoms with Gasteiger partial charge in [-0.3, -0.25) is 0 Å². The summed E-state index contributed by atoms with van der Waals surface area (Å²) >= 11 is 0. The van der Waals surface area contributed by atoms with Crippen molar-refractivity contribution in [2.75, 3.05) is 13.2 Å². The smallest absolute Gasteiger partial charge is 0.0468 e. The molecule has 0 heterocycles. The number of hydrogen-bond acceptors (Lipinski definition) is 1. The molecule has 0 aromatic rings. The highest BCUT2D eigenvalue weighted by Gasteiger charge is 1.95. The second-order valence-electron chi connectivity index (χ2n) is 2.50. The van der Waals surface area contributed by atoms with Crippen molar-refractivity contribution in [1.29, 1.82) is 0 Å². The average Bonchev–Trinajstić information content (AvgIpc) is 2.08. The lowest BCUT2D eigenvalue weighted by molar-refractivity contribution is 0.133. The Labute approximate surface area is 72.1 Å². The van der Waals surface area contributed by atoms with Crippen LogP contribution in [-0.4, -0.2) is 13.2 Å². The molecule has 1 unspecified atom stereocenters. The summed E-state index contributed by atoms with van der Waals surface area (Å²) in [7, 11) is 0. The lowest BCUT2D eigenvalue weighted by atomic mass is 10.1. The Kier molecular flexibility index (Phi) is 15.5. The number of ether oxygens (including phenoxy) is 1. The molecule has 11 heavy (non-hydrogen) atoms. The minimum Gasteiger partial charge on any atom is -0.382 e. The summed E-state index contributed by atoms with van der Waals surface area (Å²) in [4.78, 5) is 0. The van der Waals surface area contributed by atoms with Crippen molar-refractivity contribution in [2.24, 2.45) is 5.92 Å². The first-order valence-corrected chi connectivity index (χ1v) is 4.89. The molecule has 0 fully saturated rings. The standard InChI is InChI=1S/C8H18O.C2H6/c1-4-8(3)6-7-9-5-2;1-2/h8H,4-7H2,1-3H3;1-2H3. The van der Waals surface area contributed by atoms with Gasteiger partial charge in [-0.25, -0.2) is 0 Å². The summed E-state index contributed by atoms with van der Waals surface area (Å²) in [6.45, 7) is 12.3. The van der Waals surface area contributed by atoms with E-state index in [1.165, 1.54) is 12.8 Å². The van der Waals surface area contributed by atoms with Crippen molar-refractivity contribution in [3.8, 4) is 0 Å². The molecule has 1 nitrogen and oxygen atoms in total. The van der Waals surface area contributed by atoms with Gasteiger partial charge in [0.1, 0.15) is 0 Å². The van der Waals surface area contributed by atoms with E-state index in [0.717, 1.165) is 19.1 Å². The highest BCUT2D eigenvalue weighted by atomic mass is 16.5. The maximum atomic E-state index is 5.21. The van der Waals surface area contributed by atoms with Crippen LogP contribution in [0.2, 0.25) is 0 Å². The van der Waals surface area contributed by atoms with Crippen LogP contribution in [0, 0.1) is 5.92 Å². The summed E-state index contributed by atoms with van der Waals surface area (Å²) in [5, 5.41) is 0. The van der Waals surface area contributed by atoms with Gasteiger partial charge in [0.05, 0.1) is 0 Å². The van der Waals surface area contributed by atoms with Crippen LogP contribution in [0.3, 0.4) is 0 Å². The fourth-order valence-electron chi connectivity index (χ4n) is 0.633. The zero-order valence-electron chi connectivity index (χ0n) is 8.81. The SMILES string of the molecule is CC.CCOCCC(C)CC. The van der Waals surface area contributed by atoms with Gasteiger partial charge < -0.3 is 4.74 Å². The molecule has 0 N–H and O–H groups in total. The van der Waals surface area contributed by atoms with Crippen LogP contribution in [0.15, 0.2) is 0 Å². The third-order valence-corrected chi connectivity index (χ3v) is 1.66. The molecule has 0 bridgehead atoms. The maximum absolute atomic E-state index is 5.21. The molecule has 1 atom stereocenters. The van der Waals surface area contributed by atoms with Gasteiger partial charge in [-0.05, 0) is 19.3 Å². The normalized spacial score (nSPS) is 11.7. The van der Waals surface area contributed by atoms with Crippen LogP contribution >= 0.6 is 0 Å². The monoisotopic (exact) mass is 160 g/mol. The van der Waals surface area contributed by atoms with Crippen LogP contribution in [0.5, 0.6) is 0 Å². The largest absolute Gasteiger partial charge is 0.382 e. The molecule has 0 saturated heterocycles. The second-order valence-corrected chi connectivity index (χ2v) is 2.50. The van der Waals surface area contributed by atoms with E-state index in [1.54, 1.807) is 0 Å². The van der Waals surface area contributed by atoms with Crippen molar-refractivity contribution < 1.29 is 4.74 Å². The first-order valence-electron chi connectivity index (χ1n) is 4.89. The molecule has 0 aliphatic heterocycles. The van der Waals surface area contributed by atoms with Gasteiger partial charge in [0.25, 0.3) is 0 Å². The average molecular weight is 160 g/mol. The van der Waals surface area contributed by atoms with E-state index in [0.29, 0.717) is 0 Å². The van der Waals surface area contributed by atoms with Crippen LogP contribution < -0.4 is 0 Å². The molecule has 70 valence electrons. The Morgan fingerprint density at radius 1 is 1.18 bits per heavy atom. The molecule has 0 saturated carbocycles. The molecular weight excluding hydrogens is 136 g/mol. The van der Waals surface area contributed by atoms with Crippen molar-refractivity contribution in [3.63, 3.8) is 0 Å². The van der Waals surface area contributed by atoms with Crippen molar-refractivity contribution >= 4 is 0 Å². The summed E-state index contributed by atoms with van der Waals surface area (Å²) in [5.74, 6) is 0.830. The Balaban J connectivity index is 0. The van der Waals surface area contributed by atoms with Crippen LogP contribution in [0.1, 0.15) is 47.5 Å². The summed E-state index contributed by atoms with van der Waals surface area (Å²) in [6, 6.07) is 0. The fourth-order valence-corrected chi connectivity index (χ4v) is 0.633. The van der Waals surface area contributed by atoms with E-state index in [4.69, 9.17) is 4.74 Å². The van der Waals surface area contributed by atoms with E-state index in [-0.39, 0.29) is 0 Å². The molecule has 0 aromatic carbocycles. The van der Waals surface area contributed by atoms with Gasteiger partial charge in [0.15, 0.2) is 0 Å². The highest BCUT2D eigenvalue weighted by Crippen LogP contribution is 2.05. The quantitative estimate of drug-likeness (QED) is 0.559. The van der Waals surface area contributed by atoms with Gasteiger partial charge in [-0.15, -0.1) is 0 Å². The van der Waals surface area contributed by atoms with Crippen molar-refractivity contribution in [2.45, 2.75) is 47.5 Å². The first kappa shape index (κ1) is 13.5. The summed E-state index contributed by atoms with van der Waals surface area (Å²) in [5.41, 5.74) is 0. The molecule has 0 rings (SSSR count). The minimum absolute atomic E-state index is 0.830. The summed E-state index contributed by atoms with van der Waals surface area (Å²) < 4.78 is 5.21. The van der Waals surface area contributed by atoms with Gasteiger partial charge in [-0.2, -0.15) is 0 Å². The van der Waals surface area contributed by atoms with Gasteiger partial charge in [0, 0.05) is 13.2 Å². The van der Waals surface area contributed by atoms with E-state index >= 15 is 0 Å². The molecule has 0 radical (unpaired) electrons. The van der Waals surface area contributed by atoms with Crippen molar-refractivity contribution in [1.82, 2.24) is 0 Å². The molecule has 1 heteroatoms. The van der Waals surface area contributed by atoms with E-state index in [1.807, 2.05) is 20.8 Å². The van der Waals surface area contributed by atoms with Crippen LogP contribution in [0.4, 0.5) is 0 Å². The summed E-state index contributed by atoms with van der Waals surface area (Å²) in [6.07, 6.45) is 2.48. The van der Waals surface area contributed by atoms with E-state index in [2.05, 4.69) is 13.8 Å². The van der Waals surface area contributed by atoms with E-state index < -0.39 is 0 Å². The Bertz CT molecular complexity index is 52.8. The van der Waals surface area contributed by atoms with Crippen molar-refractivity contribution in [3.05, 3.63) is 0 Å². The fraction of sp³-hybridized carbons (Fsp3) is 1.00. The molecular formula is C10H24O. The van der Waals surface area contributed by atoms with Gasteiger partial charge >= 0.3 is 0 Å². The zero-order valence-corrected chi connectivity index (χ0v) is 8.81. The molecule has 0 aliphatic carbocycles. The zero-order chi connectivity index (χ0) is 9.11. The molecule has 0 spiro atoms. The van der Waals surface area contributed by atoms with Crippen LogP contribution in [-0.2, 0) is 4.74 Å². The van der Waals surface area contributed by atoms with E-state index in [9.17, 15) is 0 Å². The third-order valence-electron chi connectivity index (χ3n) is 1.66. The topological polar surface area (TPSA) is 9.23 Å². The number of rotatable bonds is 5. The molecule has 0 amide bonds. The second kappa shape index (κ2) is 12.6. The number of hydrogen-bond donors (Lipinski definition) is 0.